The molecule has 0 saturated carbocycles. The lowest BCUT2D eigenvalue weighted by molar-refractivity contribution is -0.128. The molecule has 17 heavy (non-hydrogen) atoms. The van der Waals surface area contributed by atoms with Crippen molar-refractivity contribution in [2.24, 2.45) is 0 Å². The molecule has 2 rings (SSSR count). The van der Waals surface area contributed by atoms with Crippen molar-refractivity contribution in [3.8, 4) is 11.8 Å². The molecule has 1 aromatic rings. The second-order valence-corrected chi connectivity index (χ2v) is 4.05. The van der Waals surface area contributed by atoms with Gasteiger partial charge < -0.3 is 9.64 Å². The molecule has 1 amide bonds. The van der Waals surface area contributed by atoms with Gasteiger partial charge in [-0.15, -0.1) is 0 Å². The summed E-state index contributed by atoms with van der Waals surface area (Å²) in [5, 5.41) is 8.95. The zero-order valence-corrected chi connectivity index (χ0v) is 9.72. The first-order chi connectivity index (χ1) is 8.24. The van der Waals surface area contributed by atoms with Crippen LogP contribution in [0.5, 0.6) is 5.75 Å². The van der Waals surface area contributed by atoms with E-state index in [4.69, 9.17) is 10.00 Å². The molecule has 1 aromatic carbocycles. The summed E-state index contributed by atoms with van der Waals surface area (Å²) in [6.07, 6.45) is 1.12. The lowest BCUT2D eigenvalue weighted by Crippen LogP contribution is -2.31. The summed E-state index contributed by atoms with van der Waals surface area (Å²) in [5.74, 6) is 0.852. The summed E-state index contributed by atoms with van der Waals surface area (Å²) in [4.78, 5) is 13.3. The van der Waals surface area contributed by atoms with Crippen LogP contribution in [0, 0.1) is 11.3 Å². The van der Waals surface area contributed by atoms with Gasteiger partial charge in [-0.1, -0.05) is 12.1 Å². The Morgan fingerprint density at radius 2 is 2.18 bits per heavy atom. The molecule has 1 aliphatic rings. The number of nitrogens with zero attached hydrogens (tertiary/aromatic N) is 2. The Morgan fingerprint density at radius 3 is 2.76 bits per heavy atom. The summed E-state index contributed by atoms with van der Waals surface area (Å²) in [6, 6.07) is 9.44. The van der Waals surface area contributed by atoms with Crippen molar-refractivity contribution in [2.75, 3.05) is 7.11 Å². The van der Waals surface area contributed by atoms with Crippen molar-refractivity contribution in [1.82, 2.24) is 4.90 Å². The van der Waals surface area contributed by atoms with Crippen LogP contribution in [0.1, 0.15) is 18.4 Å². The number of ether oxygens (including phenoxy) is 1. The van der Waals surface area contributed by atoms with Gasteiger partial charge in [0.25, 0.3) is 0 Å². The van der Waals surface area contributed by atoms with Crippen LogP contribution >= 0.6 is 0 Å². The monoisotopic (exact) mass is 230 g/mol. The molecule has 4 heteroatoms. The van der Waals surface area contributed by atoms with Gasteiger partial charge in [0.1, 0.15) is 11.8 Å². The molecule has 0 N–H and O–H groups in total. The van der Waals surface area contributed by atoms with Crippen LogP contribution in [0.15, 0.2) is 24.3 Å². The Balaban J connectivity index is 2.09. The van der Waals surface area contributed by atoms with E-state index in [0.29, 0.717) is 19.4 Å². The normalized spacial score (nSPS) is 19.2. The maximum absolute atomic E-state index is 11.6. The number of hydrogen-bond donors (Lipinski definition) is 0. The van der Waals surface area contributed by atoms with Crippen molar-refractivity contribution in [3.63, 3.8) is 0 Å². The molecule has 1 atom stereocenters. The van der Waals surface area contributed by atoms with Crippen molar-refractivity contribution in [2.45, 2.75) is 25.4 Å². The van der Waals surface area contributed by atoms with Crippen LogP contribution in [0.4, 0.5) is 0 Å². The third kappa shape index (κ3) is 2.39. The van der Waals surface area contributed by atoms with E-state index in [2.05, 4.69) is 6.07 Å². The van der Waals surface area contributed by atoms with E-state index in [1.807, 2.05) is 24.3 Å². The van der Waals surface area contributed by atoms with Gasteiger partial charge in [-0.2, -0.15) is 5.26 Å². The minimum absolute atomic E-state index is 0.0624. The largest absolute Gasteiger partial charge is 0.497 e. The highest BCUT2D eigenvalue weighted by Crippen LogP contribution is 2.21. The molecular formula is C13H14N2O2. The first kappa shape index (κ1) is 11.5. The van der Waals surface area contributed by atoms with E-state index >= 15 is 0 Å². The molecule has 0 aromatic heterocycles. The molecular weight excluding hydrogens is 216 g/mol. The molecule has 1 aliphatic heterocycles. The molecule has 0 bridgehead atoms. The van der Waals surface area contributed by atoms with E-state index in [9.17, 15) is 4.79 Å². The topological polar surface area (TPSA) is 53.3 Å². The lowest BCUT2D eigenvalue weighted by Gasteiger charge is -2.19. The smallest absolute Gasteiger partial charge is 0.224 e. The van der Waals surface area contributed by atoms with Gasteiger partial charge in [0, 0.05) is 13.0 Å². The van der Waals surface area contributed by atoms with Crippen LogP contribution in [0.2, 0.25) is 0 Å². The molecule has 0 radical (unpaired) electrons. The number of likely N-dealkylation sites (tertiary alicyclic amines) is 1. The first-order valence-electron chi connectivity index (χ1n) is 5.56. The average Bonchev–Trinajstić information content (AvgIpc) is 2.71. The maximum atomic E-state index is 11.6. The van der Waals surface area contributed by atoms with Crippen LogP contribution in [0.25, 0.3) is 0 Å². The summed E-state index contributed by atoms with van der Waals surface area (Å²) in [5.41, 5.74) is 1.02. The zero-order chi connectivity index (χ0) is 12.3. The van der Waals surface area contributed by atoms with Crippen molar-refractivity contribution >= 4 is 5.91 Å². The third-order valence-electron chi connectivity index (χ3n) is 2.99. The van der Waals surface area contributed by atoms with E-state index in [0.717, 1.165) is 11.3 Å². The summed E-state index contributed by atoms with van der Waals surface area (Å²) in [7, 11) is 1.62. The van der Waals surface area contributed by atoms with Crippen LogP contribution < -0.4 is 4.74 Å². The second-order valence-electron chi connectivity index (χ2n) is 4.05. The quantitative estimate of drug-likeness (QED) is 0.794. The molecule has 88 valence electrons. The minimum Gasteiger partial charge on any atom is -0.497 e. The van der Waals surface area contributed by atoms with E-state index < -0.39 is 0 Å². The number of amides is 1. The Kier molecular flexibility index (Phi) is 3.29. The third-order valence-corrected chi connectivity index (χ3v) is 2.99. The van der Waals surface area contributed by atoms with Gasteiger partial charge >= 0.3 is 0 Å². The standard InChI is InChI=1S/C13H14N2O2/c1-17-12-5-2-10(3-6-12)9-15-11(8-14)4-7-13(15)16/h2-3,5-6,11H,4,7,9H2,1H3. The molecule has 1 unspecified atom stereocenters. The summed E-state index contributed by atoms with van der Waals surface area (Å²) < 4.78 is 5.07. The Morgan fingerprint density at radius 1 is 1.47 bits per heavy atom. The SMILES string of the molecule is COc1ccc(CN2C(=O)CCC2C#N)cc1. The molecule has 0 aliphatic carbocycles. The summed E-state index contributed by atoms with van der Waals surface area (Å²) >= 11 is 0. The number of hydrogen-bond acceptors (Lipinski definition) is 3. The highest BCUT2D eigenvalue weighted by molar-refractivity contribution is 5.79. The second kappa shape index (κ2) is 4.88. The predicted molar refractivity (Wildman–Crippen MR) is 62.2 cm³/mol. The molecule has 4 nitrogen and oxygen atoms in total. The van der Waals surface area contributed by atoms with Crippen molar-refractivity contribution in [1.29, 1.82) is 5.26 Å². The Bertz CT molecular complexity index is 447. The predicted octanol–water partition coefficient (Wildman–Crippen LogP) is 1.71. The number of nitriles is 1. The molecule has 1 heterocycles. The highest BCUT2D eigenvalue weighted by atomic mass is 16.5. The van der Waals surface area contributed by atoms with Gasteiger partial charge in [-0.05, 0) is 24.1 Å². The number of benzene rings is 1. The van der Waals surface area contributed by atoms with E-state index in [1.54, 1.807) is 12.0 Å². The van der Waals surface area contributed by atoms with Gasteiger partial charge in [0.15, 0.2) is 0 Å². The van der Waals surface area contributed by atoms with Gasteiger partial charge in [0.05, 0.1) is 13.2 Å². The number of carbonyl (C=O) groups excluding carboxylic acids is 1. The Hall–Kier alpha value is -2.02. The molecule has 1 saturated heterocycles. The van der Waals surface area contributed by atoms with Crippen molar-refractivity contribution < 1.29 is 9.53 Å². The van der Waals surface area contributed by atoms with Gasteiger partial charge in [-0.25, -0.2) is 0 Å². The average molecular weight is 230 g/mol. The molecule has 1 fully saturated rings. The first-order valence-corrected chi connectivity index (χ1v) is 5.56. The number of carbonyl (C=O) groups is 1. The fraction of sp³-hybridized carbons (Fsp3) is 0.385. The van der Waals surface area contributed by atoms with E-state index in [1.165, 1.54) is 0 Å². The van der Waals surface area contributed by atoms with Crippen LogP contribution in [0.3, 0.4) is 0 Å². The van der Waals surface area contributed by atoms with Crippen molar-refractivity contribution in [3.05, 3.63) is 29.8 Å². The van der Waals surface area contributed by atoms with Crippen LogP contribution in [-0.2, 0) is 11.3 Å². The van der Waals surface area contributed by atoms with Gasteiger partial charge in [-0.3, -0.25) is 4.79 Å². The maximum Gasteiger partial charge on any atom is 0.224 e. The molecule has 0 spiro atoms. The fourth-order valence-corrected chi connectivity index (χ4v) is 1.99. The minimum atomic E-state index is -0.274. The summed E-state index contributed by atoms with van der Waals surface area (Å²) in [6.45, 7) is 0.501. The number of rotatable bonds is 3. The number of methoxy groups -OCH3 is 1. The highest BCUT2D eigenvalue weighted by Gasteiger charge is 2.30. The van der Waals surface area contributed by atoms with Gasteiger partial charge in [0.2, 0.25) is 5.91 Å². The zero-order valence-electron chi connectivity index (χ0n) is 9.72. The Labute approximate surface area is 100 Å². The fourth-order valence-electron chi connectivity index (χ4n) is 1.99. The van der Waals surface area contributed by atoms with Crippen LogP contribution in [-0.4, -0.2) is 24.0 Å². The van der Waals surface area contributed by atoms with E-state index in [-0.39, 0.29) is 11.9 Å². The lowest BCUT2D eigenvalue weighted by atomic mass is 10.2.